The Balaban J connectivity index is 2.18. The van der Waals surface area contributed by atoms with E-state index >= 15 is 0 Å². The molecule has 1 fully saturated rings. The Hall–Kier alpha value is -2.18. The lowest BCUT2D eigenvalue weighted by Gasteiger charge is -2.27. The van der Waals surface area contributed by atoms with Crippen molar-refractivity contribution < 1.29 is 14.1 Å². The van der Waals surface area contributed by atoms with E-state index in [1.807, 2.05) is 0 Å². The van der Waals surface area contributed by atoms with E-state index in [1.165, 1.54) is 7.05 Å². The second kappa shape index (κ2) is 6.72. The Labute approximate surface area is 128 Å². The van der Waals surface area contributed by atoms with Gasteiger partial charge in [0.2, 0.25) is 0 Å². The summed E-state index contributed by atoms with van der Waals surface area (Å²) in [5.41, 5.74) is -0.554. The van der Waals surface area contributed by atoms with Crippen LogP contribution >= 0.6 is 0 Å². The summed E-state index contributed by atoms with van der Waals surface area (Å²) in [5, 5.41) is 16.3. The Morgan fingerprint density at radius 1 is 1.32 bits per heavy atom. The van der Waals surface area contributed by atoms with Gasteiger partial charge in [0.05, 0.1) is 10.5 Å². The molecule has 0 unspecified atom stereocenters. The second-order valence-corrected chi connectivity index (χ2v) is 5.79. The molecule has 0 aliphatic heterocycles. The van der Waals surface area contributed by atoms with Crippen LogP contribution in [0.5, 0.6) is 0 Å². The van der Waals surface area contributed by atoms with Crippen molar-refractivity contribution in [2.24, 2.45) is 5.92 Å². The number of halogens is 1. The first kappa shape index (κ1) is 16.2. The van der Waals surface area contributed by atoms with Crippen LogP contribution in [-0.4, -0.2) is 23.9 Å². The van der Waals surface area contributed by atoms with Crippen LogP contribution in [0.25, 0.3) is 0 Å². The van der Waals surface area contributed by atoms with Crippen molar-refractivity contribution in [2.45, 2.75) is 38.6 Å². The van der Waals surface area contributed by atoms with Gasteiger partial charge in [0, 0.05) is 25.2 Å². The zero-order chi connectivity index (χ0) is 16.3. The van der Waals surface area contributed by atoms with Crippen LogP contribution in [0.4, 0.5) is 15.8 Å². The van der Waals surface area contributed by atoms with Gasteiger partial charge in [-0.15, -0.1) is 0 Å². The Morgan fingerprint density at radius 2 is 1.95 bits per heavy atom. The van der Waals surface area contributed by atoms with E-state index in [9.17, 15) is 19.3 Å². The molecule has 22 heavy (non-hydrogen) atoms. The molecule has 1 amide bonds. The van der Waals surface area contributed by atoms with Crippen molar-refractivity contribution in [3.8, 4) is 0 Å². The highest BCUT2D eigenvalue weighted by Gasteiger charge is 2.25. The van der Waals surface area contributed by atoms with Gasteiger partial charge in [-0.05, 0) is 31.6 Å². The van der Waals surface area contributed by atoms with E-state index in [0.717, 1.165) is 37.8 Å². The molecule has 0 aromatic heterocycles. The second-order valence-electron chi connectivity index (χ2n) is 5.79. The van der Waals surface area contributed by atoms with Gasteiger partial charge in [-0.3, -0.25) is 14.9 Å². The van der Waals surface area contributed by atoms with E-state index < -0.39 is 16.6 Å². The summed E-state index contributed by atoms with van der Waals surface area (Å²) in [6, 6.07) is 1.98. The van der Waals surface area contributed by atoms with Crippen LogP contribution in [0.2, 0.25) is 0 Å². The maximum absolute atomic E-state index is 14.0. The van der Waals surface area contributed by atoms with E-state index in [4.69, 9.17) is 0 Å². The van der Waals surface area contributed by atoms with Crippen LogP contribution in [0, 0.1) is 21.8 Å². The average molecular weight is 309 g/mol. The lowest BCUT2D eigenvalue weighted by molar-refractivity contribution is -0.384. The van der Waals surface area contributed by atoms with E-state index in [2.05, 4.69) is 17.6 Å². The number of anilines is 1. The molecule has 6 nitrogen and oxygen atoms in total. The quantitative estimate of drug-likeness (QED) is 0.661. The van der Waals surface area contributed by atoms with Crippen LogP contribution < -0.4 is 10.6 Å². The zero-order valence-electron chi connectivity index (χ0n) is 12.7. The zero-order valence-corrected chi connectivity index (χ0v) is 12.7. The summed E-state index contributed by atoms with van der Waals surface area (Å²) in [7, 11) is 1.46. The fourth-order valence-corrected chi connectivity index (χ4v) is 2.75. The van der Waals surface area contributed by atoms with Gasteiger partial charge in [0.25, 0.3) is 11.6 Å². The molecule has 1 aromatic carbocycles. The number of benzene rings is 1. The van der Waals surface area contributed by atoms with Crippen LogP contribution in [0.15, 0.2) is 12.1 Å². The maximum atomic E-state index is 14.0. The number of nitro groups is 1. The molecule has 0 heterocycles. The predicted octanol–water partition coefficient (Wildman–Crippen LogP) is 3.08. The molecule has 2 N–H and O–H groups in total. The first-order valence-corrected chi connectivity index (χ1v) is 7.39. The molecular weight excluding hydrogens is 289 g/mol. The number of hydrogen-bond acceptors (Lipinski definition) is 4. The minimum absolute atomic E-state index is 0.00568. The number of carbonyl (C=O) groups excluding carboxylic acids is 1. The van der Waals surface area contributed by atoms with Gasteiger partial charge in [-0.2, -0.15) is 0 Å². The van der Waals surface area contributed by atoms with Crippen molar-refractivity contribution in [1.82, 2.24) is 5.32 Å². The molecule has 1 saturated carbocycles. The number of amides is 1. The van der Waals surface area contributed by atoms with E-state index in [1.54, 1.807) is 0 Å². The molecule has 0 bridgehead atoms. The van der Waals surface area contributed by atoms with Gasteiger partial charge in [-0.1, -0.05) is 6.92 Å². The number of nitrogens with one attached hydrogen (secondary N) is 2. The van der Waals surface area contributed by atoms with Crippen LogP contribution in [0.1, 0.15) is 43.0 Å². The van der Waals surface area contributed by atoms with E-state index in [0.29, 0.717) is 5.92 Å². The van der Waals surface area contributed by atoms with E-state index in [-0.39, 0.29) is 23.0 Å². The number of hydrogen-bond donors (Lipinski definition) is 2. The molecule has 120 valence electrons. The number of carbonyl (C=O) groups is 1. The summed E-state index contributed by atoms with van der Waals surface area (Å²) in [5.74, 6) is -0.722. The van der Waals surface area contributed by atoms with Crippen molar-refractivity contribution in [3.63, 3.8) is 0 Å². The monoisotopic (exact) mass is 309 g/mol. The molecule has 1 aliphatic rings. The molecule has 7 heteroatoms. The van der Waals surface area contributed by atoms with Crippen molar-refractivity contribution >= 4 is 17.3 Å². The molecule has 0 atom stereocenters. The maximum Gasteiger partial charge on any atom is 0.293 e. The summed E-state index contributed by atoms with van der Waals surface area (Å²) in [6.45, 7) is 2.16. The SMILES string of the molecule is CNc1cc(F)c(C(=O)N[C@H]2CC[C@H](C)CC2)cc1[N+](=O)[O-]. The van der Waals surface area contributed by atoms with Crippen LogP contribution in [-0.2, 0) is 0 Å². The summed E-state index contributed by atoms with van der Waals surface area (Å²) in [6.07, 6.45) is 3.75. The highest BCUT2D eigenvalue weighted by Crippen LogP contribution is 2.28. The first-order chi connectivity index (χ1) is 10.4. The fraction of sp³-hybridized carbons (Fsp3) is 0.533. The highest BCUT2D eigenvalue weighted by molar-refractivity contribution is 5.96. The third kappa shape index (κ3) is 3.52. The average Bonchev–Trinajstić information content (AvgIpc) is 2.48. The third-order valence-corrected chi connectivity index (χ3v) is 4.15. The smallest absolute Gasteiger partial charge is 0.293 e. The van der Waals surface area contributed by atoms with Crippen molar-refractivity contribution in [3.05, 3.63) is 33.6 Å². The first-order valence-electron chi connectivity index (χ1n) is 7.39. The van der Waals surface area contributed by atoms with Gasteiger partial charge < -0.3 is 10.6 Å². The standard InChI is InChI=1S/C15H20FN3O3/c1-9-3-5-10(6-4-9)18-15(20)11-7-14(19(21)22)13(17-2)8-12(11)16/h7-10,17H,3-6H2,1-2H3,(H,18,20)/t9-,10-. The molecule has 1 aliphatic carbocycles. The van der Waals surface area contributed by atoms with Crippen molar-refractivity contribution in [2.75, 3.05) is 12.4 Å². The number of nitro benzene ring substituents is 1. The number of rotatable bonds is 4. The lowest BCUT2D eigenvalue weighted by Crippen LogP contribution is -2.37. The highest BCUT2D eigenvalue weighted by atomic mass is 19.1. The molecule has 2 rings (SSSR count). The molecule has 0 saturated heterocycles. The lowest BCUT2D eigenvalue weighted by atomic mass is 9.87. The summed E-state index contributed by atoms with van der Waals surface area (Å²) >= 11 is 0. The van der Waals surface area contributed by atoms with Gasteiger partial charge >= 0.3 is 0 Å². The Bertz CT molecular complexity index is 584. The largest absolute Gasteiger partial charge is 0.382 e. The Kier molecular flexibility index (Phi) is 4.95. The molecule has 0 radical (unpaired) electrons. The fourth-order valence-electron chi connectivity index (χ4n) is 2.75. The summed E-state index contributed by atoms with van der Waals surface area (Å²) < 4.78 is 14.0. The van der Waals surface area contributed by atoms with Crippen molar-refractivity contribution in [1.29, 1.82) is 0 Å². The van der Waals surface area contributed by atoms with Crippen LogP contribution in [0.3, 0.4) is 0 Å². The minimum atomic E-state index is -0.767. The molecular formula is C15H20FN3O3. The molecule has 1 aromatic rings. The number of nitrogens with zero attached hydrogens (tertiary/aromatic N) is 1. The predicted molar refractivity (Wildman–Crippen MR) is 81.5 cm³/mol. The minimum Gasteiger partial charge on any atom is -0.382 e. The third-order valence-electron chi connectivity index (χ3n) is 4.15. The normalized spacial score (nSPS) is 21.2. The van der Waals surface area contributed by atoms with Gasteiger partial charge in [-0.25, -0.2) is 4.39 Å². The van der Waals surface area contributed by atoms with Gasteiger partial charge in [0.1, 0.15) is 11.5 Å². The topological polar surface area (TPSA) is 84.3 Å². The van der Waals surface area contributed by atoms with Gasteiger partial charge in [0.15, 0.2) is 0 Å². The summed E-state index contributed by atoms with van der Waals surface area (Å²) in [4.78, 5) is 22.6. The molecule has 0 spiro atoms. The Morgan fingerprint density at radius 3 is 2.50 bits per heavy atom.